The first-order valence-corrected chi connectivity index (χ1v) is 7.38. The molecule has 19 heavy (non-hydrogen) atoms. The molecule has 0 aromatic carbocycles. The first-order valence-electron chi connectivity index (χ1n) is 5.90. The van der Waals surface area contributed by atoms with Gasteiger partial charge in [0.25, 0.3) is 0 Å². The third-order valence-electron chi connectivity index (χ3n) is 2.50. The lowest BCUT2D eigenvalue weighted by molar-refractivity contribution is -0.139. The Morgan fingerprint density at radius 3 is 2.47 bits per heavy atom. The van der Waals surface area contributed by atoms with Crippen LogP contribution in [0.3, 0.4) is 0 Å². The summed E-state index contributed by atoms with van der Waals surface area (Å²) in [4.78, 5) is 14.9. The smallest absolute Gasteiger partial charge is 0.321 e. The Bertz CT molecular complexity index is 537. The number of pyridine rings is 1. The van der Waals surface area contributed by atoms with Crippen molar-refractivity contribution < 1.29 is 18.3 Å². The van der Waals surface area contributed by atoms with E-state index in [9.17, 15) is 13.2 Å². The minimum absolute atomic E-state index is 0.0342. The van der Waals surface area contributed by atoms with Crippen molar-refractivity contribution in [2.45, 2.75) is 38.1 Å². The fourth-order valence-corrected chi connectivity index (χ4v) is 2.69. The monoisotopic (exact) mass is 286 g/mol. The molecule has 0 amide bonds. The highest BCUT2D eigenvalue weighted by atomic mass is 32.2. The van der Waals surface area contributed by atoms with Crippen LogP contribution in [-0.2, 0) is 14.8 Å². The summed E-state index contributed by atoms with van der Waals surface area (Å²) in [5.74, 6) is -1.11. The highest BCUT2D eigenvalue weighted by molar-refractivity contribution is 7.89. The van der Waals surface area contributed by atoms with E-state index in [4.69, 9.17) is 5.11 Å². The topological polar surface area (TPSA) is 96.4 Å². The normalized spacial score (nSPS) is 13.5. The second-order valence-corrected chi connectivity index (χ2v) is 6.49. The van der Waals surface area contributed by atoms with Gasteiger partial charge in [0.2, 0.25) is 10.0 Å². The number of aromatic nitrogens is 1. The zero-order valence-corrected chi connectivity index (χ0v) is 11.9. The highest BCUT2D eigenvalue weighted by Crippen LogP contribution is 2.11. The Hall–Kier alpha value is -1.47. The molecule has 1 rings (SSSR count). The average molecular weight is 286 g/mol. The third-order valence-corrected chi connectivity index (χ3v) is 3.95. The van der Waals surface area contributed by atoms with Gasteiger partial charge in [-0.05, 0) is 31.4 Å². The van der Waals surface area contributed by atoms with Crippen LogP contribution in [0, 0.1) is 12.8 Å². The van der Waals surface area contributed by atoms with E-state index in [2.05, 4.69) is 9.71 Å². The SMILES string of the molecule is Cc1ccc(S(=O)(=O)N[C@@H](CC(C)C)C(=O)O)cn1. The number of hydrogen-bond donors (Lipinski definition) is 2. The molecule has 0 spiro atoms. The van der Waals surface area contributed by atoms with Gasteiger partial charge in [0, 0.05) is 11.9 Å². The van der Waals surface area contributed by atoms with Crippen LogP contribution in [0.4, 0.5) is 0 Å². The van der Waals surface area contributed by atoms with E-state index in [1.807, 2.05) is 13.8 Å². The van der Waals surface area contributed by atoms with E-state index < -0.39 is 22.0 Å². The molecule has 0 bridgehead atoms. The minimum Gasteiger partial charge on any atom is -0.480 e. The van der Waals surface area contributed by atoms with Crippen LogP contribution in [0.1, 0.15) is 26.0 Å². The maximum atomic E-state index is 12.0. The maximum Gasteiger partial charge on any atom is 0.321 e. The van der Waals surface area contributed by atoms with Crippen LogP contribution in [0.25, 0.3) is 0 Å². The summed E-state index contributed by atoms with van der Waals surface area (Å²) in [6, 6.07) is 1.83. The molecule has 0 radical (unpaired) electrons. The van der Waals surface area contributed by atoms with Gasteiger partial charge in [-0.1, -0.05) is 13.8 Å². The van der Waals surface area contributed by atoms with E-state index in [0.29, 0.717) is 5.69 Å². The molecule has 0 saturated carbocycles. The summed E-state index contributed by atoms with van der Waals surface area (Å²) in [5, 5.41) is 9.03. The van der Waals surface area contributed by atoms with Gasteiger partial charge < -0.3 is 5.11 Å². The Balaban J connectivity index is 2.94. The summed E-state index contributed by atoms with van der Waals surface area (Å²) in [7, 11) is -3.86. The van der Waals surface area contributed by atoms with Gasteiger partial charge in [0.1, 0.15) is 10.9 Å². The molecule has 1 atom stereocenters. The lowest BCUT2D eigenvalue weighted by Gasteiger charge is -2.16. The van der Waals surface area contributed by atoms with Crippen molar-refractivity contribution in [3.05, 3.63) is 24.0 Å². The Morgan fingerprint density at radius 2 is 2.05 bits per heavy atom. The quantitative estimate of drug-likeness (QED) is 0.818. The highest BCUT2D eigenvalue weighted by Gasteiger charge is 2.26. The summed E-state index contributed by atoms with van der Waals surface area (Å²) >= 11 is 0. The lowest BCUT2D eigenvalue weighted by atomic mass is 10.1. The fourth-order valence-electron chi connectivity index (χ4n) is 1.54. The number of carboxylic acids is 1. The van der Waals surface area contributed by atoms with Crippen LogP contribution in [-0.4, -0.2) is 30.5 Å². The Morgan fingerprint density at radius 1 is 1.42 bits per heavy atom. The molecule has 1 heterocycles. The van der Waals surface area contributed by atoms with E-state index in [0.717, 1.165) is 0 Å². The van der Waals surface area contributed by atoms with Crippen molar-refractivity contribution in [3.8, 4) is 0 Å². The molecule has 0 aliphatic heterocycles. The van der Waals surface area contributed by atoms with E-state index >= 15 is 0 Å². The molecule has 0 saturated heterocycles. The molecule has 0 fully saturated rings. The van der Waals surface area contributed by atoms with Crippen LogP contribution in [0.2, 0.25) is 0 Å². The number of carboxylic acid groups (broad SMARTS) is 1. The number of aliphatic carboxylic acids is 1. The van der Waals surface area contributed by atoms with Crippen LogP contribution in [0.5, 0.6) is 0 Å². The molecule has 6 nitrogen and oxygen atoms in total. The van der Waals surface area contributed by atoms with E-state index in [1.165, 1.54) is 12.3 Å². The average Bonchev–Trinajstić information content (AvgIpc) is 2.27. The molecule has 7 heteroatoms. The van der Waals surface area contributed by atoms with Crippen molar-refractivity contribution in [2.75, 3.05) is 0 Å². The number of carbonyl (C=O) groups is 1. The zero-order valence-electron chi connectivity index (χ0n) is 11.1. The minimum atomic E-state index is -3.86. The lowest BCUT2D eigenvalue weighted by Crippen LogP contribution is -2.41. The number of nitrogens with zero attached hydrogens (tertiary/aromatic N) is 1. The molecule has 0 unspecified atom stereocenters. The summed E-state index contributed by atoms with van der Waals surface area (Å²) in [5.41, 5.74) is 0.691. The van der Waals surface area contributed by atoms with Gasteiger partial charge in [0.15, 0.2) is 0 Å². The van der Waals surface area contributed by atoms with Crippen molar-refractivity contribution >= 4 is 16.0 Å². The zero-order chi connectivity index (χ0) is 14.6. The molecule has 1 aromatic heterocycles. The van der Waals surface area contributed by atoms with Crippen molar-refractivity contribution in [2.24, 2.45) is 5.92 Å². The predicted octanol–water partition coefficient (Wildman–Crippen LogP) is 1.17. The molecule has 1 aromatic rings. The Labute approximate surface area is 112 Å². The second kappa shape index (κ2) is 6.12. The van der Waals surface area contributed by atoms with Gasteiger partial charge in [-0.2, -0.15) is 4.72 Å². The van der Waals surface area contributed by atoms with Crippen LogP contribution < -0.4 is 4.72 Å². The number of hydrogen-bond acceptors (Lipinski definition) is 4. The largest absolute Gasteiger partial charge is 0.480 e. The van der Waals surface area contributed by atoms with Crippen molar-refractivity contribution in [1.82, 2.24) is 9.71 Å². The molecular formula is C12H18N2O4S. The maximum absolute atomic E-state index is 12.0. The Kier molecular flexibility index (Phi) is 5.02. The predicted molar refractivity (Wildman–Crippen MR) is 70.2 cm³/mol. The molecule has 0 aliphatic rings. The number of nitrogens with one attached hydrogen (secondary N) is 1. The van der Waals surface area contributed by atoms with Gasteiger partial charge in [-0.3, -0.25) is 9.78 Å². The first-order chi connectivity index (χ1) is 8.72. The molecule has 106 valence electrons. The van der Waals surface area contributed by atoms with E-state index in [1.54, 1.807) is 13.0 Å². The first kappa shape index (κ1) is 15.6. The van der Waals surface area contributed by atoms with Crippen molar-refractivity contribution in [1.29, 1.82) is 0 Å². The number of aryl methyl sites for hydroxylation is 1. The van der Waals surface area contributed by atoms with Crippen LogP contribution in [0.15, 0.2) is 23.2 Å². The van der Waals surface area contributed by atoms with E-state index in [-0.39, 0.29) is 17.2 Å². The standard InChI is InChI=1S/C12H18N2O4S/c1-8(2)6-11(12(15)16)14-19(17,18)10-5-4-9(3)13-7-10/h4-5,7-8,11,14H,6H2,1-3H3,(H,15,16)/t11-/m0/s1. The number of rotatable bonds is 6. The molecular weight excluding hydrogens is 268 g/mol. The molecule has 2 N–H and O–H groups in total. The summed E-state index contributed by atoms with van der Waals surface area (Å²) in [6.45, 7) is 5.40. The number of sulfonamides is 1. The summed E-state index contributed by atoms with van der Waals surface area (Å²) < 4.78 is 26.2. The fraction of sp³-hybridized carbons (Fsp3) is 0.500. The van der Waals surface area contributed by atoms with Gasteiger partial charge in [-0.15, -0.1) is 0 Å². The van der Waals surface area contributed by atoms with Gasteiger partial charge in [-0.25, -0.2) is 8.42 Å². The molecule has 0 aliphatic carbocycles. The van der Waals surface area contributed by atoms with Gasteiger partial charge in [0.05, 0.1) is 0 Å². The van der Waals surface area contributed by atoms with Gasteiger partial charge >= 0.3 is 5.97 Å². The van der Waals surface area contributed by atoms with Crippen molar-refractivity contribution in [3.63, 3.8) is 0 Å². The third kappa shape index (κ3) is 4.60. The summed E-state index contributed by atoms with van der Waals surface area (Å²) in [6.07, 6.45) is 1.44. The van der Waals surface area contributed by atoms with Crippen LogP contribution >= 0.6 is 0 Å². The second-order valence-electron chi connectivity index (χ2n) is 4.78.